The highest BCUT2D eigenvalue weighted by molar-refractivity contribution is 6.11. The molecule has 1 aromatic heterocycles. The number of carbonyl (C=O) groups excluding carboxylic acids is 1. The molecule has 0 unspecified atom stereocenters. The molecule has 0 bridgehead atoms. The molecule has 0 spiro atoms. The van der Waals surface area contributed by atoms with Crippen LogP contribution < -0.4 is 10.3 Å². The summed E-state index contributed by atoms with van der Waals surface area (Å²) in [7, 11) is 1.58. The maximum absolute atomic E-state index is 13.3. The second-order valence-corrected chi connectivity index (χ2v) is 9.02. The Morgan fingerprint density at radius 2 is 1.70 bits per heavy atom. The average Bonchev–Trinajstić information content (AvgIpc) is 2.79. The first kappa shape index (κ1) is 23.8. The van der Waals surface area contributed by atoms with Gasteiger partial charge in [-0.05, 0) is 47.6 Å². The zero-order valence-corrected chi connectivity index (χ0v) is 19.6. The molecule has 0 atom stereocenters. The number of aromatic nitrogens is 1. The van der Waals surface area contributed by atoms with Gasteiger partial charge in [0.1, 0.15) is 17.4 Å². The molecule has 3 rings (SSSR count). The second-order valence-electron chi connectivity index (χ2n) is 9.02. The predicted octanol–water partition coefficient (Wildman–Crippen LogP) is 4.51. The van der Waals surface area contributed by atoms with Crippen molar-refractivity contribution in [1.82, 2.24) is 4.57 Å². The minimum Gasteiger partial charge on any atom is -0.497 e. The Bertz CT molecular complexity index is 1270. The Hall–Kier alpha value is -3.85. The number of aryl methyl sites for hydroxylation is 1. The lowest BCUT2D eigenvalue weighted by Gasteiger charge is -2.19. The van der Waals surface area contributed by atoms with Crippen molar-refractivity contribution >= 4 is 5.78 Å². The number of methoxy groups -OCH3 is 1. The molecular formula is C27H28N2O4. The zero-order chi connectivity index (χ0) is 24.3. The normalized spacial score (nSPS) is 11.2. The fourth-order valence-corrected chi connectivity index (χ4v) is 3.73. The molecular weight excluding hydrogens is 416 g/mol. The fraction of sp³-hybridized carbons (Fsp3) is 0.296. The van der Waals surface area contributed by atoms with Gasteiger partial charge in [-0.1, -0.05) is 57.2 Å². The Kier molecular flexibility index (Phi) is 6.73. The van der Waals surface area contributed by atoms with Crippen LogP contribution in [0.1, 0.15) is 58.9 Å². The minimum absolute atomic E-state index is 0.0237. The standard InChI is InChI=1S/C27H28N2O4/c1-17-22(16-28)25(31)29(15-14-18-6-12-21(33-5)13-7-18)26(32)23(17)24(30)19-8-10-20(11-9-19)27(2,3)4/h6-13,32H,14-15H2,1-5H3. The van der Waals surface area contributed by atoms with Gasteiger partial charge in [-0.15, -0.1) is 0 Å². The summed E-state index contributed by atoms with van der Waals surface area (Å²) in [4.78, 5) is 26.2. The van der Waals surface area contributed by atoms with Gasteiger partial charge in [-0.25, -0.2) is 0 Å². The Balaban J connectivity index is 2.02. The van der Waals surface area contributed by atoms with Crippen LogP contribution in [0.2, 0.25) is 0 Å². The van der Waals surface area contributed by atoms with Crippen molar-refractivity contribution < 1.29 is 14.6 Å². The number of rotatable bonds is 6. The average molecular weight is 445 g/mol. The zero-order valence-electron chi connectivity index (χ0n) is 19.6. The summed E-state index contributed by atoms with van der Waals surface area (Å²) in [5, 5.41) is 20.5. The van der Waals surface area contributed by atoms with E-state index in [0.717, 1.165) is 15.7 Å². The number of carbonyl (C=O) groups is 1. The third-order valence-electron chi connectivity index (χ3n) is 5.82. The Morgan fingerprint density at radius 1 is 1.09 bits per heavy atom. The molecule has 0 amide bonds. The Morgan fingerprint density at radius 3 is 2.21 bits per heavy atom. The quantitative estimate of drug-likeness (QED) is 0.565. The first-order valence-electron chi connectivity index (χ1n) is 10.7. The molecule has 0 saturated heterocycles. The molecule has 170 valence electrons. The van der Waals surface area contributed by atoms with Crippen molar-refractivity contribution in [2.75, 3.05) is 7.11 Å². The van der Waals surface area contributed by atoms with E-state index in [0.29, 0.717) is 17.7 Å². The van der Waals surface area contributed by atoms with Gasteiger partial charge in [0.15, 0.2) is 5.78 Å². The molecule has 6 heteroatoms. The van der Waals surface area contributed by atoms with Crippen LogP contribution in [0, 0.1) is 18.3 Å². The smallest absolute Gasteiger partial charge is 0.271 e. The van der Waals surface area contributed by atoms with E-state index in [1.807, 2.05) is 42.5 Å². The summed E-state index contributed by atoms with van der Waals surface area (Å²) < 4.78 is 6.26. The second kappa shape index (κ2) is 9.33. The highest BCUT2D eigenvalue weighted by atomic mass is 16.5. The minimum atomic E-state index is -0.611. The van der Waals surface area contributed by atoms with Crippen LogP contribution in [0.5, 0.6) is 11.6 Å². The molecule has 3 aromatic rings. The monoisotopic (exact) mass is 444 g/mol. The number of hydrogen-bond donors (Lipinski definition) is 1. The van der Waals surface area contributed by atoms with E-state index in [2.05, 4.69) is 20.8 Å². The summed E-state index contributed by atoms with van der Waals surface area (Å²) in [5.41, 5.74) is 1.72. The van der Waals surface area contributed by atoms with E-state index in [1.54, 1.807) is 19.2 Å². The highest BCUT2D eigenvalue weighted by Crippen LogP contribution is 2.27. The van der Waals surface area contributed by atoms with E-state index >= 15 is 0 Å². The van der Waals surface area contributed by atoms with Crippen molar-refractivity contribution in [2.45, 2.75) is 46.1 Å². The van der Waals surface area contributed by atoms with Crippen LogP contribution in [0.3, 0.4) is 0 Å². The lowest BCUT2D eigenvalue weighted by Crippen LogP contribution is -2.27. The van der Waals surface area contributed by atoms with Gasteiger partial charge < -0.3 is 9.84 Å². The number of ketones is 1. The fourth-order valence-electron chi connectivity index (χ4n) is 3.73. The maximum atomic E-state index is 13.3. The SMILES string of the molecule is COc1ccc(CCn2c(O)c(C(=O)c3ccc(C(C)(C)C)cc3)c(C)c(C#N)c2=O)cc1. The number of benzene rings is 2. The molecule has 0 fully saturated rings. The number of hydrogen-bond acceptors (Lipinski definition) is 5. The van der Waals surface area contributed by atoms with E-state index in [4.69, 9.17) is 4.74 Å². The van der Waals surface area contributed by atoms with Crippen LogP contribution in [-0.4, -0.2) is 22.6 Å². The molecule has 1 N–H and O–H groups in total. The van der Waals surface area contributed by atoms with Crippen molar-refractivity contribution in [3.63, 3.8) is 0 Å². The lowest BCUT2D eigenvalue weighted by molar-refractivity contribution is 0.103. The molecule has 0 saturated carbocycles. The highest BCUT2D eigenvalue weighted by Gasteiger charge is 2.25. The summed E-state index contributed by atoms with van der Waals surface area (Å²) in [6, 6.07) is 16.4. The van der Waals surface area contributed by atoms with Crippen molar-refractivity contribution in [3.8, 4) is 17.7 Å². The molecule has 1 heterocycles. The molecule has 6 nitrogen and oxygen atoms in total. The van der Waals surface area contributed by atoms with Crippen LogP contribution >= 0.6 is 0 Å². The third kappa shape index (κ3) is 4.83. The van der Waals surface area contributed by atoms with E-state index in [-0.39, 0.29) is 28.7 Å². The van der Waals surface area contributed by atoms with E-state index < -0.39 is 17.2 Å². The van der Waals surface area contributed by atoms with Crippen molar-refractivity contribution in [1.29, 1.82) is 5.26 Å². The first-order chi connectivity index (χ1) is 15.6. The van der Waals surface area contributed by atoms with Crippen LogP contribution in [0.15, 0.2) is 53.3 Å². The summed E-state index contributed by atoms with van der Waals surface area (Å²) in [6.45, 7) is 7.88. The molecule has 2 aromatic carbocycles. The van der Waals surface area contributed by atoms with Gasteiger partial charge in [0, 0.05) is 12.1 Å². The van der Waals surface area contributed by atoms with Gasteiger partial charge in [-0.3, -0.25) is 14.2 Å². The Labute approximate surface area is 193 Å². The summed E-state index contributed by atoms with van der Waals surface area (Å²) in [6.07, 6.45) is 0.430. The van der Waals surface area contributed by atoms with Crippen molar-refractivity contribution in [2.24, 2.45) is 0 Å². The maximum Gasteiger partial charge on any atom is 0.271 e. The third-order valence-corrected chi connectivity index (χ3v) is 5.82. The van der Waals surface area contributed by atoms with Crippen LogP contribution in [0.4, 0.5) is 0 Å². The molecule has 0 aliphatic heterocycles. The van der Waals surface area contributed by atoms with Gasteiger partial charge in [0.2, 0.25) is 5.88 Å². The van der Waals surface area contributed by atoms with E-state index in [9.17, 15) is 20.0 Å². The molecule has 0 radical (unpaired) electrons. The number of pyridine rings is 1. The van der Waals surface area contributed by atoms with Crippen molar-refractivity contribution in [3.05, 3.63) is 92.3 Å². The summed E-state index contributed by atoms with van der Waals surface area (Å²) in [5.74, 6) is -0.138. The molecule has 33 heavy (non-hydrogen) atoms. The van der Waals surface area contributed by atoms with Gasteiger partial charge >= 0.3 is 0 Å². The number of nitrogens with zero attached hydrogens (tertiary/aromatic N) is 2. The van der Waals surface area contributed by atoms with Crippen LogP contribution in [0.25, 0.3) is 0 Å². The van der Waals surface area contributed by atoms with Crippen LogP contribution in [-0.2, 0) is 18.4 Å². The number of aromatic hydroxyl groups is 1. The predicted molar refractivity (Wildman–Crippen MR) is 127 cm³/mol. The van der Waals surface area contributed by atoms with Gasteiger partial charge in [0.25, 0.3) is 5.56 Å². The number of nitriles is 1. The molecule has 0 aliphatic carbocycles. The number of ether oxygens (including phenoxy) is 1. The van der Waals surface area contributed by atoms with Gasteiger partial charge in [0.05, 0.1) is 12.7 Å². The topological polar surface area (TPSA) is 92.3 Å². The lowest BCUT2D eigenvalue weighted by atomic mass is 9.86. The summed E-state index contributed by atoms with van der Waals surface area (Å²) >= 11 is 0. The van der Waals surface area contributed by atoms with Gasteiger partial charge in [-0.2, -0.15) is 5.26 Å². The largest absolute Gasteiger partial charge is 0.497 e. The molecule has 0 aliphatic rings. The van der Waals surface area contributed by atoms with E-state index in [1.165, 1.54) is 6.92 Å². The first-order valence-corrected chi connectivity index (χ1v) is 10.7.